The van der Waals surface area contributed by atoms with E-state index in [1.54, 1.807) is 0 Å². The van der Waals surface area contributed by atoms with E-state index in [0.717, 1.165) is 0 Å². The molecule has 0 aliphatic rings. The second-order valence-corrected chi connectivity index (χ2v) is 3.85. The molecule has 1 aromatic rings. The molecule has 0 heterocycles. The number of ether oxygens (including phenoxy) is 2. The van der Waals surface area contributed by atoms with E-state index >= 15 is 0 Å². The van der Waals surface area contributed by atoms with Crippen molar-refractivity contribution in [3.63, 3.8) is 0 Å². The van der Waals surface area contributed by atoms with Gasteiger partial charge in [-0.2, -0.15) is 0 Å². The lowest BCUT2D eigenvalue weighted by atomic mass is 10.3. The van der Waals surface area contributed by atoms with Crippen molar-refractivity contribution in [3.05, 3.63) is 28.5 Å². The number of methoxy groups -OCH3 is 1. The summed E-state index contributed by atoms with van der Waals surface area (Å²) in [6.07, 6.45) is -0.682. The molecular formula is C10H12BrFO3. The summed E-state index contributed by atoms with van der Waals surface area (Å²) in [4.78, 5) is 0. The number of benzene rings is 1. The Kier molecular flexibility index (Phi) is 5.01. The third-order valence-electron chi connectivity index (χ3n) is 1.69. The molecule has 1 aromatic carbocycles. The van der Waals surface area contributed by atoms with Crippen LogP contribution in [-0.4, -0.2) is 31.5 Å². The SMILES string of the molecule is COC[C@H](O)COc1ccc(F)c(Br)c1. The minimum atomic E-state index is -0.682. The predicted molar refractivity (Wildman–Crippen MR) is 57.5 cm³/mol. The van der Waals surface area contributed by atoms with Crippen LogP contribution >= 0.6 is 15.9 Å². The summed E-state index contributed by atoms with van der Waals surface area (Å²) < 4.78 is 23.1. The molecule has 0 aliphatic carbocycles. The first kappa shape index (κ1) is 12.4. The Morgan fingerprint density at radius 2 is 2.20 bits per heavy atom. The summed E-state index contributed by atoms with van der Waals surface area (Å²) >= 11 is 3.04. The molecule has 0 unspecified atom stereocenters. The van der Waals surface area contributed by atoms with Crippen molar-refractivity contribution in [2.45, 2.75) is 6.10 Å². The van der Waals surface area contributed by atoms with Crippen molar-refractivity contribution in [2.75, 3.05) is 20.3 Å². The van der Waals surface area contributed by atoms with Gasteiger partial charge in [0.2, 0.25) is 0 Å². The van der Waals surface area contributed by atoms with E-state index in [2.05, 4.69) is 15.9 Å². The van der Waals surface area contributed by atoms with Crippen LogP contribution in [-0.2, 0) is 4.74 Å². The maximum atomic E-state index is 12.8. The monoisotopic (exact) mass is 278 g/mol. The van der Waals surface area contributed by atoms with Gasteiger partial charge in [-0.15, -0.1) is 0 Å². The molecule has 0 saturated carbocycles. The van der Waals surface area contributed by atoms with E-state index in [1.807, 2.05) is 0 Å². The second kappa shape index (κ2) is 6.05. The fraction of sp³-hybridized carbons (Fsp3) is 0.400. The van der Waals surface area contributed by atoms with E-state index in [0.29, 0.717) is 10.2 Å². The zero-order valence-electron chi connectivity index (χ0n) is 8.24. The summed E-state index contributed by atoms with van der Waals surface area (Å²) in [7, 11) is 1.50. The topological polar surface area (TPSA) is 38.7 Å². The summed E-state index contributed by atoms with van der Waals surface area (Å²) in [5.74, 6) is 0.151. The molecule has 1 rings (SSSR count). The molecule has 0 spiro atoms. The Labute approximate surface area is 95.9 Å². The van der Waals surface area contributed by atoms with Crippen molar-refractivity contribution >= 4 is 15.9 Å². The zero-order chi connectivity index (χ0) is 11.3. The number of hydrogen-bond donors (Lipinski definition) is 1. The van der Waals surface area contributed by atoms with Gasteiger partial charge in [0.15, 0.2) is 0 Å². The minimum Gasteiger partial charge on any atom is -0.491 e. The largest absolute Gasteiger partial charge is 0.491 e. The summed E-state index contributed by atoms with van der Waals surface area (Å²) in [6.45, 7) is 0.328. The van der Waals surface area contributed by atoms with Gasteiger partial charge in [0, 0.05) is 7.11 Å². The Morgan fingerprint density at radius 1 is 1.47 bits per heavy atom. The molecule has 0 radical (unpaired) electrons. The van der Waals surface area contributed by atoms with Gasteiger partial charge in [-0.3, -0.25) is 0 Å². The van der Waals surface area contributed by atoms with Crippen molar-refractivity contribution in [1.29, 1.82) is 0 Å². The second-order valence-electron chi connectivity index (χ2n) is 3.00. The average Bonchev–Trinajstić information content (AvgIpc) is 2.20. The Morgan fingerprint density at radius 3 is 2.80 bits per heavy atom. The van der Waals surface area contributed by atoms with Crippen LogP contribution in [0, 0.1) is 5.82 Å². The number of rotatable bonds is 5. The van der Waals surface area contributed by atoms with Crippen LogP contribution in [0.25, 0.3) is 0 Å². The first-order valence-electron chi connectivity index (χ1n) is 4.38. The molecule has 0 saturated heterocycles. The lowest BCUT2D eigenvalue weighted by molar-refractivity contribution is 0.0325. The van der Waals surface area contributed by atoms with Crippen molar-refractivity contribution in [1.82, 2.24) is 0 Å². The van der Waals surface area contributed by atoms with Crippen LogP contribution in [0.1, 0.15) is 0 Å². The molecule has 84 valence electrons. The van der Waals surface area contributed by atoms with Gasteiger partial charge in [0.25, 0.3) is 0 Å². The average molecular weight is 279 g/mol. The first-order chi connectivity index (χ1) is 7.13. The lowest BCUT2D eigenvalue weighted by Gasteiger charge is -2.11. The molecule has 0 bridgehead atoms. The Bertz CT molecular complexity index is 320. The van der Waals surface area contributed by atoms with Crippen molar-refractivity contribution < 1.29 is 19.0 Å². The van der Waals surface area contributed by atoms with E-state index in [4.69, 9.17) is 9.47 Å². The fourth-order valence-corrected chi connectivity index (χ4v) is 1.36. The summed E-state index contributed by atoms with van der Waals surface area (Å²) in [6, 6.07) is 4.30. The minimum absolute atomic E-state index is 0.117. The molecule has 0 aromatic heterocycles. The summed E-state index contributed by atoms with van der Waals surface area (Å²) in [5, 5.41) is 9.30. The van der Waals surface area contributed by atoms with Gasteiger partial charge in [-0.1, -0.05) is 0 Å². The van der Waals surface area contributed by atoms with E-state index in [9.17, 15) is 9.50 Å². The smallest absolute Gasteiger partial charge is 0.137 e. The number of aliphatic hydroxyl groups excluding tert-OH is 1. The van der Waals surface area contributed by atoms with Crippen LogP contribution in [0.2, 0.25) is 0 Å². The van der Waals surface area contributed by atoms with Gasteiger partial charge in [0.05, 0.1) is 11.1 Å². The van der Waals surface area contributed by atoms with Gasteiger partial charge in [-0.25, -0.2) is 4.39 Å². The van der Waals surface area contributed by atoms with E-state index < -0.39 is 6.10 Å². The highest BCUT2D eigenvalue weighted by Gasteiger charge is 2.06. The molecule has 15 heavy (non-hydrogen) atoms. The van der Waals surface area contributed by atoms with Gasteiger partial charge < -0.3 is 14.6 Å². The highest BCUT2D eigenvalue weighted by molar-refractivity contribution is 9.10. The Balaban J connectivity index is 2.47. The van der Waals surface area contributed by atoms with E-state index in [1.165, 1.54) is 25.3 Å². The third-order valence-corrected chi connectivity index (χ3v) is 2.30. The van der Waals surface area contributed by atoms with Gasteiger partial charge in [-0.05, 0) is 34.1 Å². The molecule has 0 aliphatic heterocycles. The first-order valence-corrected chi connectivity index (χ1v) is 5.17. The Hall–Kier alpha value is -0.650. The van der Waals surface area contributed by atoms with Crippen molar-refractivity contribution in [3.8, 4) is 5.75 Å². The third kappa shape index (κ3) is 4.15. The molecule has 1 N–H and O–H groups in total. The lowest BCUT2D eigenvalue weighted by Crippen LogP contribution is -2.22. The maximum absolute atomic E-state index is 12.8. The fourth-order valence-electron chi connectivity index (χ4n) is 1.000. The number of aliphatic hydroxyl groups is 1. The predicted octanol–water partition coefficient (Wildman–Crippen LogP) is 1.97. The number of halogens is 2. The highest BCUT2D eigenvalue weighted by Crippen LogP contribution is 2.21. The van der Waals surface area contributed by atoms with Gasteiger partial charge in [0.1, 0.15) is 24.3 Å². The quantitative estimate of drug-likeness (QED) is 0.895. The molecule has 3 nitrogen and oxygen atoms in total. The van der Waals surface area contributed by atoms with E-state index in [-0.39, 0.29) is 19.0 Å². The molecule has 0 fully saturated rings. The van der Waals surface area contributed by atoms with Crippen LogP contribution in [0.15, 0.2) is 22.7 Å². The standard InChI is InChI=1S/C10H12BrFO3/c1-14-5-7(13)6-15-8-2-3-10(12)9(11)4-8/h2-4,7,13H,5-6H2,1H3/t7-/m0/s1. The van der Waals surface area contributed by atoms with Crippen molar-refractivity contribution in [2.24, 2.45) is 0 Å². The number of hydrogen-bond acceptors (Lipinski definition) is 3. The summed E-state index contributed by atoms with van der Waals surface area (Å²) in [5.41, 5.74) is 0. The highest BCUT2D eigenvalue weighted by atomic mass is 79.9. The molecule has 5 heteroatoms. The maximum Gasteiger partial charge on any atom is 0.137 e. The molecular weight excluding hydrogens is 267 g/mol. The normalized spacial score (nSPS) is 12.5. The van der Waals surface area contributed by atoms with Crippen LogP contribution in [0.4, 0.5) is 4.39 Å². The van der Waals surface area contributed by atoms with Crippen LogP contribution < -0.4 is 4.74 Å². The van der Waals surface area contributed by atoms with Crippen LogP contribution in [0.5, 0.6) is 5.75 Å². The zero-order valence-corrected chi connectivity index (χ0v) is 9.83. The molecule has 1 atom stereocenters. The van der Waals surface area contributed by atoms with Crippen LogP contribution in [0.3, 0.4) is 0 Å². The molecule has 0 amide bonds. The van der Waals surface area contributed by atoms with Gasteiger partial charge >= 0.3 is 0 Å².